The second kappa shape index (κ2) is 12.7. The van der Waals surface area contributed by atoms with Gasteiger partial charge < -0.3 is 29.6 Å². The molecule has 8 nitrogen and oxygen atoms in total. The number of aliphatic imine (C=N–C) groups is 1. The first-order chi connectivity index (χ1) is 14.6. The number of halogens is 1. The minimum atomic E-state index is -0.178. The number of methoxy groups -OCH3 is 3. The summed E-state index contributed by atoms with van der Waals surface area (Å²) in [6, 6.07) is 6.40. The molecule has 0 bridgehead atoms. The fourth-order valence-corrected chi connectivity index (χ4v) is 4.14. The Hall–Kier alpha value is -1.30. The highest BCUT2D eigenvalue weighted by molar-refractivity contribution is 14.0. The number of likely N-dealkylation sites (tertiary alicyclic amines) is 1. The summed E-state index contributed by atoms with van der Waals surface area (Å²) in [6.07, 6.45) is 2.87. The van der Waals surface area contributed by atoms with Gasteiger partial charge in [-0.15, -0.1) is 24.0 Å². The van der Waals surface area contributed by atoms with Crippen molar-refractivity contribution in [3.63, 3.8) is 0 Å². The smallest absolute Gasteiger partial charge is 0.191 e. The molecule has 1 aromatic rings. The van der Waals surface area contributed by atoms with Crippen LogP contribution >= 0.6 is 24.0 Å². The molecule has 2 aliphatic rings. The van der Waals surface area contributed by atoms with Crippen molar-refractivity contribution in [2.45, 2.75) is 37.5 Å². The predicted molar refractivity (Wildman–Crippen MR) is 133 cm³/mol. The van der Waals surface area contributed by atoms with Crippen molar-refractivity contribution in [1.82, 2.24) is 15.5 Å². The first-order valence-electron chi connectivity index (χ1n) is 10.6. The molecule has 0 radical (unpaired) electrons. The maximum atomic E-state index is 5.81. The molecule has 9 heteroatoms. The summed E-state index contributed by atoms with van der Waals surface area (Å²) in [6.45, 7) is 5.08. The fraction of sp³-hybridized carbons (Fsp3) is 0.682. The minimum Gasteiger partial charge on any atom is -0.497 e. The Balaban J connectivity index is 0.00000341. The third kappa shape index (κ3) is 7.37. The minimum absolute atomic E-state index is 0. The molecule has 2 aliphatic heterocycles. The van der Waals surface area contributed by atoms with Crippen LogP contribution in [0.5, 0.6) is 11.5 Å². The van der Waals surface area contributed by atoms with E-state index >= 15 is 0 Å². The Morgan fingerprint density at radius 1 is 1.16 bits per heavy atom. The Labute approximate surface area is 203 Å². The molecule has 0 aromatic heterocycles. The number of hydrogen-bond acceptors (Lipinski definition) is 6. The number of nitrogens with one attached hydrogen (secondary N) is 2. The molecule has 1 unspecified atom stereocenters. The fourth-order valence-electron chi connectivity index (χ4n) is 4.14. The van der Waals surface area contributed by atoms with Crippen molar-refractivity contribution in [3.8, 4) is 11.5 Å². The van der Waals surface area contributed by atoms with Gasteiger partial charge in [0.1, 0.15) is 11.5 Å². The van der Waals surface area contributed by atoms with Gasteiger partial charge in [0.15, 0.2) is 5.96 Å². The third-order valence-electron chi connectivity index (χ3n) is 6.07. The SMILES string of the molecule is CN=C(NCC1(OC)CCOCC1)NC1CCN(Cc2cc(OC)cc(OC)c2)C1.I. The lowest BCUT2D eigenvalue weighted by Gasteiger charge is -2.36. The van der Waals surface area contributed by atoms with Crippen LogP contribution in [0.25, 0.3) is 0 Å². The van der Waals surface area contributed by atoms with E-state index in [1.165, 1.54) is 5.56 Å². The van der Waals surface area contributed by atoms with Gasteiger partial charge in [0.05, 0.1) is 19.8 Å². The second-order valence-electron chi connectivity index (χ2n) is 8.01. The zero-order valence-corrected chi connectivity index (χ0v) is 21.4. The maximum Gasteiger partial charge on any atom is 0.191 e. The van der Waals surface area contributed by atoms with Crippen LogP contribution in [0.3, 0.4) is 0 Å². The average Bonchev–Trinajstić information content (AvgIpc) is 3.23. The van der Waals surface area contributed by atoms with E-state index in [1.807, 2.05) is 13.1 Å². The van der Waals surface area contributed by atoms with E-state index in [4.69, 9.17) is 18.9 Å². The second-order valence-corrected chi connectivity index (χ2v) is 8.01. The molecule has 0 saturated carbocycles. The summed E-state index contributed by atoms with van der Waals surface area (Å²) in [5, 5.41) is 7.03. The highest BCUT2D eigenvalue weighted by Gasteiger charge is 2.33. The van der Waals surface area contributed by atoms with Gasteiger partial charge >= 0.3 is 0 Å². The van der Waals surface area contributed by atoms with Crippen molar-refractivity contribution in [3.05, 3.63) is 23.8 Å². The quantitative estimate of drug-likeness (QED) is 0.293. The average molecular weight is 548 g/mol. The molecule has 0 aliphatic carbocycles. The summed E-state index contributed by atoms with van der Waals surface area (Å²) in [5.74, 6) is 2.47. The molecule has 2 N–H and O–H groups in total. The number of ether oxygens (including phenoxy) is 4. The van der Waals surface area contributed by atoms with Gasteiger partial charge in [-0.1, -0.05) is 0 Å². The van der Waals surface area contributed by atoms with E-state index in [2.05, 4.69) is 32.7 Å². The zero-order valence-electron chi connectivity index (χ0n) is 19.1. The van der Waals surface area contributed by atoms with Crippen molar-refractivity contribution in [2.24, 2.45) is 4.99 Å². The lowest BCUT2D eigenvalue weighted by atomic mass is 9.94. The number of hydrogen-bond donors (Lipinski definition) is 2. The van der Waals surface area contributed by atoms with Crippen molar-refractivity contribution in [1.29, 1.82) is 0 Å². The predicted octanol–water partition coefficient (Wildman–Crippen LogP) is 2.26. The van der Waals surface area contributed by atoms with Crippen LogP contribution in [0, 0.1) is 0 Å². The zero-order chi connectivity index (χ0) is 21.4. The van der Waals surface area contributed by atoms with Gasteiger partial charge in [0, 0.05) is 78.5 Å². The Morgan fingerprint density at radius 3 is 2.42 bits per heavy atom. The van der Waals surface area contributed by atoms with E-state index < -0.39 is 0 Å². The molecule has 2 heterocycles. The van der Waals surface area contributed by atoms with Crippen LogP contribution in [0.15, 0.2) is 23.2 Å². The van der Waals surface area contributed by atoms with Crippen LogP contribution in [0.4, 0.5) is 0 Å². The van der Waals surface area contributed by atoms with Crippen molar-refractivity contribution < 1.29 is 18.9 Å². The lowest BCUT2D eigenvalue weighted by Crippen LogP contribution is -2.52. The largest absolute Gasteiger partial charge is 0.497 e. The highest BCUT2D eigenvalue weighted by atomic mass is 127. The van der Waals surface area contributed by atoms with Gasteiger partial charge in [-0.25, -0.2) is 0 Å². The topological polar surface area (TPSA) is 76.6 Å². The van der Waals surface area contributed by atoms with Gasteiger partial charge in [-0.05, 0) is 24.1 Å². The number of guanidine groups is 1. The van der Waals surface area contributed by atoms with Gasteiger partial charge in [-0.3, -0.25) is 9.89 Å². The molecule has 0 spiro atoms. The Morgan fingerprint density at radius 2 is 1.84 bits per heavy atom. The van der Waals surface area contributed by atoms with Crippen molar-refractivity contribution >= 4 is 29.9 Å². The van der Waals surface area contributed by atoms with E-state index in [1.54, 1.807) is 21.3 Å². The summed E-state index contributed by atoms with van der Waals surface area (Å²) < 4.78 is 22.1. The summed E-state index contributed by atoms with van der Waals surface area (Å²) >= 11 is 0. The van der Waals surface area contributed by atoms with Crippen LogP contribution in [0.1, 0.15) is 24.8 Å². The maximum absolute atomic E-state index is 5.81. The van der Waals surface area contributed by atoms with Crippen LogP contribution in [-0.4, -0.2) is 83.7 Å². The molecule has 176 valence electrons. The molecule has 2 fully saturated rings. The van der Waals surface area contributed by atoms with Gasteiger partial charge in [-0.2, -0.15) is 0 Å². The monoisotopic (exact) mass is 548 g/mol. The third-order valence-corrected chi connectivity index (χ3v) is 6.07. The van der Waals surface area contributed by atoms with Crippen LogP contribution in [0.2, 0.25) is 0 Å². The molecular weight excluding hydrogens is 511 g/mol. The molecule has 31 heavy (non-hydrogen) atoms. The Bertz CT molecular complexity index is 691. The van der Waals surface area contributed by atoms with Gasteiger partial charge in [0.2, 0.25) is 0 Å². The summed E-state index contributed by atoms with van der Waals surface area (Å²) in [4.78, 5) is 6.85. The number of rotatable bonds is 8. The van der Waals surface area contributed by atoms with Crippen LogP contribution in [-0.2, 0) is 16.0 Å². The normalized spacial score (nSPS) is 21.3. The molecule has 2 saturated heterocycles. The molecule has 0 amide bonds. The van der Waals surface area contributed by atoms with E-state index in [0.29, 0.717) is 6.04 Å². The summed E-state index contributed by atoms with van der Waals surface area (Å²) in [5.41, 5.74) is 1.01. The standard InChI is InChI=1S/C22H36N4O4.HI/c1-23-21(24-16-22(29-4)6-9-30-10-7-22)25-18-5-8-26(15-18)14-17-11-19(27-2)13-20(12-17)28-3;/h11-13,18H,5-10,14-16H2,1-4H3,(H2,23,24,25);1H. The van der Waals surface area contributed by atoms with Crippen molar-refractivity contribution in [2.75, 3.05) is 61.2 Å². The number of nitrogens with zero attached hydrogens (tertiary/aromatic N) is 2. The first-order valence-corrected chi connectivity index (χ1v) is 10.6. The molecule has 1 aromatic carbocycles. The molecule has 3 rings (SSSR count). The van der Waals surface area contributed by atoms with Crippen LogP contribution < -0.4 is 20.1 Å². The highest BCUT2D eigenvalue weighted by Crippen LogP contribution is 2.25. The lowest BCUT2D eigenvalue weighted by molar-refractivity contribution is -0.0855. The number of benzene rings is 1. The first kappa shape index (κ1) is 26.0. The summed E-state index contributed by atoms with van der Waals surface area (Å²) in [7, 11) is 6.96. The van der Waals surface area contributed by atoms with E-state index in [0.717, 1.165) is 76.1 Å². The van der Waals surface area contributed by atoms with Gasteiger partial charge in [0.25, 0.3) is 0 Å². The Kier molecular flexibility index (Phi) is 10.6. The molecular formula is C22H37IN4O4. The molecule has 1 atom stereocenters. The van der Waals surface area contributed by atoms with E-state index in [-0.39, 0.29) is 29.6 Å². The van der Waals surface area contributed by atoms with E-state index in [9.17, 15) is 0 Å².